The number of H-pyrrole nitrogens is 1. The standard InChI is InChI=1S/C11H16FN3O2.C9H16O3.C4H4FN3O/c1-5-6(2)10(17-7(5)3)15-4-8(12)9(13)14-11(15)16;1-5-6(2)9(11-7(5)3)12-8(4)10;5-2-1-7-4(9)8-3(2)6/h4-7,10H,1-3H3,(H2,13,14,16);5-7,9H,1-4H3;1H,(H3,6,7,8,9)/t5-,6+,7+,10+;5-,6+,7+,9-;/m00./s1. The summed E-state index contributed by atoms with van der Waals surface area (Å²) in [5.74, 6) is -1.18. The maximum absolute atomic E-state index is 13.3. The Bertz CT molecular complexity index is 1220. The zero-order valence-corrected chi connectivity index (χ0v) is 22.5. The Kier molecular flexibility index (Phi) is 10.5. The van der Waals surface area contributed by atoms with Crippen molar-refractivity contribution in [1.82, 2.24) is 19.5 Å². The van der Waals surface area contributed by atoms with E-state index in [0.29, 0.717) is 17.8 Å². The molecule has 2 aromatic rings. The third-order valence-electron chi connectivity index (χ3n) is 7.01. The molecule has 0 aromatic carbocycles. The molecule has 38 heavy (non-hydrogen) atoms. The number of hydrogen-bond donors (Lipinski definition) is 3. The number of nitrogen functional groups attached to an aromatic ring is 2. The fraction of sp³-hybridized carbons (Fsp3) is 0.625. The van der Waals surface area contributed by atoms with Crippen molar-refractivity contribution in [1.29, 1.82) is 0 Å². The lowest BCUT2D eigenvalue weighted by Crippen LogP contribution is -2.30. The lowest BCUT2D eigenvalue weighted by molar-refractivity contribution is -0.177. The first-order valence-corrected chi connectivity index (χ1v) is 12.2. The van der Waals surface area contributed by atoms with Crippen LogP contribution in [-0.2, 0) is 19.0 Å². The Hall–Kier alpha value is -3.39. The van der Waals surface area contributed by atoms with Gasteiger partial charge in [-0.15, -0.1) is 0 Å². The number of aromatic amines is 1. The van der Waals surface area contributed by atoms with E-state index in [0.717, 1.165) is 12.4 Å². The number of nitrogens with two attached hydrogens (primary N) is 2. The molecule has 0 radical (unpaired) electrons. The van der Waals surface area contributed by atoms with Crippen LogP contribution in [0.4, 0.5) is 20.4 Å². The van der Waals surface area contributed by atoms with Gasteiger partial charge in [-0.25, -0.2) is 18.4 Å². The summed E-state index contributed by atoms with van der Waals surface area (Å²) in [6, 6.07) is 0. The number of carbonyl (C=O) groups excluding carboxylic acids is 1. The maximum Gasteiger partial charge on any atom is 0.351 e. The molecule has 8 atom stereocenters. The number of nitrogens with one attached hydrogen (secondary N) is 1. The Morgan fingerprint density at radius 2 is 1.55 bits per heavy atom. The van der Waals surface area contributed by atoms with Crippen LogP contribution < -0.4 is 22.8 Å². The minimum atomic E-state index is -0.713. The zero-order valence-electron chi connectivity index (χ0n) is 22.5. The first-order valence-electron chi connectivity index (χ1n) is 12.2. The number of ether oxygens (including phenoxy) is 3. The molecule has 0 unspecified atom stereocenters. The molecule has 212 valence electrons. The van der Waals surface area contributed by atoms with E-state index in [1.54, 1.807) is 0 Å². The Morgan fingerprint density at radius 3 is 2.00 bits per heavy atom. The van der Waals surface area contributed by atoms with Crippen molar-refractivity contribution in [2.75, 3.05) is 11.5 Å². The second-order valence-corrected chi connectivity index (χ2v) is 9.60. The Balaban J connectivity index is 0.000000212. The van der Waals surface area contributed by atoms with E-state index < -0.39 is 29.2 Å². The lowest BCUT2D eigenvalue weighted by atomic mass is 9.93. The number of hydrogen-bond acceptors (Lipinski definition) is 10. The van der Waals surface area contributed by atoms with Crippen LogP contribution in [0.3, 0.4) is 0 Å². The molecule has 2 fully saturated rings. The highest BCUT2D eigenvalue weighted by molar-refractivity contribution is 5.66. The molecular weight excluding hydrogens is 506 g/mol. The summed E-state index contributed by atoms with van der Waals surface area (Å²) >= 11 is 0. The Morgan fingerprint density at radius 1 is 0.974 bits per heavy atom. The summed E-state index contributed by atoms with van der Waals surface area (Å²) in [5.41, 5.74) is 8.96. The number of esters is 1. The highest BCUT2D eigenvalue weighted by Crippen LogP contribution is 2.37. The zero-order chi connectivity index (χ0) is 28.9. The van der Waals surface area contributed by atoms with Crippen molar-refractivity contribution in [2.45, 2.75) is 73.2 Å². The number of carbonyl (C=O) groups is 1. The number of rotatable bonds is 2. The lowest BCUT2D eigenvalue weighted by Gasteiger charge is -2.18. The summed E-state index contributed by atoms with van der Waals surface area (Å²) in [4.78, 5) is 41.0. The third-order valence-corrected chi connectivity index (χ3v) is 7.01. The minimum Gasteiger partial charge on any atom is -0.436 e. The predicted molar refractivity (Wildman–Crippen MR) is 134 cm³/mol. The number of halogens is 2. The number of nitrogens with zero attached hydrogens (tertiary/aromatic N) is 3. The highest BCUT2D eigenvalue weighted by atomic mass is 19.1. The molecule has 0 aliphatic carbocycles. The third kappa shape index (κ3) is 7.57. The van der Waals surface area contributed by atoms with E-state index in [1.807, 2.05) is 39.6 Å². The maximum atomic E-state index is 13.3. The van der Waals surface area contributed by atoms with Crippen LogP contribution in [0, 0.1) is 35.3 Å². The first-order chi connectivity index (χ1) is 17.6. The molecule has 5 N–H and O–H groups in total. The van der Waals surface area contributed by atoms with Gasteiger partial charge in [0.25, 0.3) is 0 Å². The van der Waals surface area contributed by atoms with Crippen molar-refractivity contribution in [3.05, 3.63) is 45.0 Å². The van der Waals surface area contributed by atoms with Crippen LogP contribution in [0.25, 0.3) is 0 Å². The first kappa shape index (κ1) is 30.8. The largest absolute Gasteiger partial charge is 0.436 e. The molecule has 2 aromatic heterocycles. The predicted octanol–water partition coefficient (Wildman–Crippen LogP) is 2.21. The van der Waals surface area contributed by atoms with E-state index in [9.17, 15) is 23.2 Å². The van der Waals surface area contributed by atoms with E-state index in [1.165, 1.54) is 11.5 Å². The summed E-state index contributed by atoms with van der Waals surface area (Å²) < 4.78 is 42.8. The fourth-order valence-electron chi connectivity index (χ4n) is 3.94. The molecule has 2 aliphatic rings. The summed E-state index contributed by atoms with van der Waals surface area (Å²) in [6.45, 7) is 13.5. The SMILES string of the molecule is CC(=O)O[C@@H]1O[C@H](C)[C@@H](C)[C@H]1C.C[C@@H]1[C@H](C)[C@@H](C)O[C@H]1n1cc(F)c(N)nc1=O.Nc1[nH]c(=O)ncc1F. The highest BCUT2D eigenvalue weighted by Gasteiger charge is 2.39. The van der Waals surface area contributed by atoms with Gasteiger partial charge >= 0.3 is 17.3 Å². The summed E-state index contributed by atoms with van der Waals surface area (Å²) in [7, 11) is 0. The normalized spacial score (nSPS) is 30.0. The molecule has 12 nitrogen and oxygen atoms in total. The van der Waals surface area contributed by atoms with Gasteiger partial charge in [0.05, 0.1) is 24.6 Å². The molecule has 0 amide bonds. The average molecular weight is 543 g/mol. The van der Waals surface area contributed by atoms with Gasteiger partial charge < -0.3 is 25.7 Å². The van der Waals surface area contributed by atoms with Crippen molar-refractivity contribution in [3.63, 3.8) is 0 Å². The average Bonchev–Trinajstić information content (AvgIpc) is 3.23. The van der Waals surface area contributed by atoms with Crippen molar-refractivity contribution >= 4 is 17.6 Å². The van der Waals surface area contributed by atoms with Crippen molar-refractivity contribution < 1.29 is 27.8 Å². The van der Waals surface area contributed by atoms with Crippen LogP contribution >= 0.6 is 0 Å². The van der Waals surface area contributed by atoms with Gasteiger partial charge in [0.2, 0.25) is 6.29 Å². The number of aromatic nitrogens is 4. The smallest absolute Gasteiger partial charge is 0.351 e. The second-order valence-electron chi connectivity index (χ2n) is 9.60. The van der Waals surface area contributed by atoms with E-state index >= 15 is 0 Å². The minimum absolute atomic E-state index is 0.0301. The molecule has 4 rings (SSSR count). The van der Waals surface area contributed by atoms with E-state index in [4.69, 9.17) is 25.7 Å². The topological polar surface area (TPSA) is 177 Å². The van der Waals surface area contributed by atoms with Crippen LogP contribution in [0.5, 0.6) is 0 Å². The van der Waals surface area contributed by atoms with Gasteiger partial charge in [-0.1, -0.05) is 27.7 Å². The molecule has 0 saturated carbocycles. The van der Waals surface area contributed by atoms with Crippen LogP contribution in [0.15, 0.2) is 22.0 Å². The Labute approximate surface area is 218 Å². The van der Waals surface area contributed by atoms with Gasteiger partial charge in [-0.3, -0.25) is 14.3 Å². The van der Waals surface area contributed by atoms with Crippen LogP contribution in [0.1, 0.15) is 54.7 Å². The fourth-order valence-corrected chi connectivity index (χ4v) is 3.94. The molecule has 2 aliphatic heterocycles. The van der Waals surface area contributed by atoms with Gasteiger partial charge in [-0.2, -0.15) is 9.97 Å². The molecule has 0 bridgehead atoms. The quantitative estimate of drug-likeness (QED) is 0.477. The van der Waals surface area contributed by atoms with Crippen LogP contribution in [-0.4, -0.2) is 44.0 Å². The monoisotopic (exact) mass is 542 g/mol. The van der Waals surface area contributed by atoms with Crippen molar-refractivity contribution in [3.8, 4) is 0 Å². The van der Waals surface area contributed by atoms with Gasteiger partial charge in [0.1, 0.15) is 12.0 Å². The van der Waals surface area contributed by atoms with Crippen LogP contribution in [0.2, 0.25) is 0 Å². The molecule has 0 spiro atoms. The van der Waals surface area contributed by atoms with Gasteiger partial charge in [0, 0.05) is 18.8 Å². The van der Waals surface area contributed by atoms with Gasteiger partial charge in [-0.05, 0) is 25.7 Å². The molecule has 2 saturated heterocycles. The molecular formula is C24H36F2N6O6. The molecule has 14 heteroatoms. The van der Waals surface area contributed by atoms with Crippen molar-refractivity contribution in [2.24, 2.45) is 23.7 Å². The van der Waals surface area contributed by atoms with E-state index in [2.05, 4.69) is 16.9 Å². The second kappa shape index (κ2) is 12.9. The summed E-state index contributed by atoms with van der Waals surface area (Å²) in [5, 5.41) is 0. The van der Waals surface area contributed by atoms with E-state index in [-0.39, 0.29) is 42.0 Å². The molecule has 4 heterocycles. The van der Waals surface area contributed by atoms with Gasteiger partial charge in [0.15, 0.2) is 17.5 Å². The summed E-state index contributed by atoms with van der Waals surface area (Å²) in [6.07, 6.45) is 1.24. The number of anilines is 2.